The lowest BCUT2D eigenvalue weighted by atomic mass is 10.1. The smallest absolute Gasteiger partial charge is 0.307 e. The minimum atomic E-state index is -9.76. The molecule has 94 valence electrons. The normalized spacial score (nSPS) is 22.0. The third-order valence-corrected chi connectivity index (χ3v) is 3.21. The second-order valence-corrected chi connectivity index (χ2v) is 5.62. The predicted molar refractivity (Wildman–Crippen MR) is 47.8 cm³/mol. The van der Waals surface area contributed by atoms with E-state index in [1.807, 2.05) is 0 Å². The first-order chi connectivity index (χ1) is 6.94. The van der Waals surface area contributed by atoms with Gasteiger partial charge in [-0.05, 0) is 12.5 Å². The Kier molecular flexibility index (Phi) is 2.40. The zero-order valence-corrected chi connectivity index (χ0v) is 8.47. The summed E-state index contributed by atoms with van der Waals surface area (Å²) < 4.78 is 74.4. The summed E-state index contributed by atoms with van der Waals surface area (Å²) in [5.74, 6) is -1.06. The fourth-order valence-corrected chi connectivity index (χ4v) is 2.00. The molecular weight excluding hydrogens is 260 g/mol. The number of nitrogens with one attached hydrogen (secondary N) is 1. The first-order valence-corrected chi connectivity index (χ1v) is 5.92. The van der Waals surface area contributed by atoms with E-state index in [2.05, 4.69) is 0 Å². The maximum absolute atomic E-state index is 12.9. The molecule has 0 aliphatic heterocycles. The van der Waals surface area contributed by atoms with E-state index in [-0.39, 0.29) is 12.5 Å². The average molecular weight is 267 g/mol. The van der Waals surface area contributed by atoms with Gasteiger partial charge in [0.25, 0.3) is 0 Å². The summed E-state index contributed by atoms with van der Waals surface area (Å²) in [5, 5.41) is 1.60. The van der Waals surface area contributed by atoms with E-state index in [4.69, 9.17) is 0 Å². The van der Waals surface area contributed by atoms with Gasteiger partial charge in [-0.25, -0.2) is 4.39 Å². The van der Waals surface area contributed by atoms with Gasteiger partial charge >= 0.3 is 10.2 Å². The van der Waals surface area contributed by atoms with Crippen LogP contribution in [0.15, 0.2) is 22.5 Å². The van der Waals surface area contributed by atoms with Crippen molar-refractivity contribution in [3.63, 3.8) is 0 Å². The lowest BCUT2D eigenvalue weighted by Crippen LogP contribution is -2.18. The Labute approximate surface area is 86.7 Å². The summed E-state index contributed by atoms with van der Waals surface area (Å²) in [5.41, 5.74) is -0.871. The molecule has 0 radical (unpaired) electrons. The number of hydrogen-bond acceptors (Lipinski definition) is 1. The van der Waals surface area contributed by atoms with Gasteiger partial charge in [0.1, 0.15) is 5.83 Å². The molecule has 0 saturated heterocycles. The molecule has 0 spiro atoms. The van der Waals surface area contributed by atoms with Crippen molar-refractivity contribution in [1.29, 1.82) is 0 Å². The minimum absolute atomic E-state index is 0.0607. The van der Waals surface area contributed by atoms with Gasteiger partial charge in [-0.1, -0.05) is 19.4 Å². The predicted octanol–water partition coefficient (Wildman–Crippen LogP) is 3.89. The largest absolute Gasteiger partial charge is 0.326 e. The average Bonchev–Trinajstić information content (AvgIpc) is 2.04. The molecule has 16 heavy (non-hydrogen) atoms. The maximum atomic E-state index is 12.9. The lowest BCUT2D eigenvalue weighted by Gasteiger charge is -2.43. The molecule has 1 N–H and O–H groups in total. The third kappa shape index (κ3) is 2.94. The molecule has 2 nitrogen and oxygen atoms in total. The molecule has 0 aromatic heterocycles. The van der Waals surface area contributed by atoms with E-state index in [1.165, 1.54) is 0 Å². The van der Waals surface area contributed by atoms with Crippen molar-refractivity contribution in [2.45, 2.75) is 12.8 Å². The van der Waals surface area contributed by atoms with Gasteiger partial charge in [0.2, 0.25) is 6.41 Å². The number of hydrogen-bond donors (Lipinski definition) is 1. The van der Waals surface area contributed by atoms with Crippen LogP contribution in [0.5, 0.6) is 0 Å². The Bertz CT molecular complexity index is 394. The molecule has 1 aliphatic carbocycles. The molecule has 1 rings (SSSR count). The van der Waals surface area contributed by atoms with Crippen molar-refractivity contribution >= 4 is 16.6 Å². The van der Waals surface area contributed by atoms with Crippen LogP contribution < -0.4 is 5.32 Å². The van der Waals surface area contributed by atoms with Crippen molar-refractivity contribution in [2.24, 2.45) is 0 Å². The van der Waals surface area contributed by atoms with Crippen LogP contribution in [0, 0.1) is 0 Å². The van der Waals surface area contributed by atoms with E-state index in [1.54, 1.807) is 5.32 Å². The minimum Gasteiger partial charge on any atom is -0.326 e. The van der Waals surface area contributed by atoms with Crippen LogP contribution >= 0.6 is 10.2 Å². The number of rotatable bonds is 3. The number of halogens is 6. The Morgan fingerprint density at radius 3 is 2.19 bits per heavy atom. The van der Waals surface area contributed by atoms with E-state index in [9.17, 15) is 28.6 Å². The molecule has 1 aliphatic rings. The standard InChI is InChI=1S/C7H7F6NOS/c8-6-2-1-5(3-7(6)14-4-15)16(9,10,11,12)13/h3-4H,1-2H2,(H,14,15). The van der Waals surface area contributed by atoms with Crippen molar-refractivity contribution in [3.8, 4) is 0 Å². The van der Waals surface area contributed by atoms with Gasteiger partial charge in [0.05, 0.1) is 10.6 Å². The van der Waals surface area contributed by atoms with Crippen molar-refractivity contribution in [3.05, 3.63) is 22.5 Å². The van der Waals surface area contributed by atoms with Crippen molar-refractivity contribution in [1.82, 2.24) is 5.32 Å². The molecule has 0 bridgehead atoms. The lowest BCUT2D eigenvalue weighted by molar-refractivity contribution is -0.108. The van der Waals surface area contributed by atoms with Gasteiger partial charge < -0.3 is 5.32 Å². The Morgan fingerprint density at radius 1 is 1.19 bits per heavy atom. The summed E-state index contributed by atoms with van der Waals surface area (Å²) in [7, 11) is -9.76. The second kappa shape index (κ2) is 2.96. The van der Waals surface area contributed by atoms with Crippen LogP contribution in [0.3, 0.4) is 0 Å². The zero-order valence-electron chi connectivity index (χ0n) is 7.65. The van der Waals surface area contributed by atoms with E-state index < -0.39 is 39.5 Å². The van der Waals surface area contributed by atoms with Crippen LogP contribution in [0.1, 0.15) is 12.8 Å². The number of amides is 1. The van der Waals surface area contributed by atoms with Gasteiger partial charge in [-0.3, -0.25) is 4.79 Å². The molecule has 0 fully saturated rings. The zero-order chi connectivity index (χ0) is 12.7. The third-order valence-electron chi connectivity index (χ3n) is 1.90. The van der Waals surface area contributed by atoms with Gasteiger partial charge in [0.15, 0.2) is 0 Å². The molecular formula is C7H7F6NOS. The summed E-state index contributed by atoms with van der Waals surface area (Å²) in [6, 6.07) is 0. The summed E-state index contributed by atoms with van der Waals surface area (Å²) in [6.07, 6.45) is -2.09. The molecule has 0 atom stereocenters. The summed E-state index contributed by atoms with van der Waals surface area (Å²) >= 11 is 0. The monoisotopic (exact) mass is 267 g/mol. The maximum Gasteiger partial charge on any atom is 0.307 e. The molecule has 0 aromatic rings. The summed E-state index contributed by atoms with van der Waals surface area (Å²) in [6.45, 7) is 0. The quantitative estimate of drug-likeness (QED) is 0.610. The molecule has 0 aromatic carbocycles. The Hall–Kier alpha value is -1.12. The number of carbonyl (C=O) groups is 1. The highest BCUT2D eigenvalue weighted by Crippen LogP contribution is 3.02. The molecule has 0 saturated carbocycles. The van der Waals surface area contributed by atoms with Crippen LogP contribution in [0.25, 0.3) is 0 Å². The van der Waals surface area contributed by atoms with E-state index >= 15 is 0 Å². The van der Waals surface area contributed by atoms with Crippen LogP contribution in [-0.2, 0) is 4.79 Å². The van der Waals surface area contributed by atoms with Crippen LogP contribution in [0.2, 0.25) is 0 Å². The number of allylic oxidation sites excluding steroid dienone is 3. The summed E-state index contributed by atoms with van der Waals surface area (Å²) in [4.78, 5) is 7.86. The first-order valence-electron chi connectivity index (χ1n) is 3.97. The fraction of sp³-hybridized carbons (Fsp3) is 0.286. The Morgan fingerprint density at radius 2 is 1.75 bits per heavy atom. The van der Waals surface area contributed by atoms with Crippen molar-refractivity contribution < 1.29 is 28.6 Å². The molecule has 0 heterocycles. The Balaban J connectivity index is 3.22. The van der Waals surface area contributed by atoms with Crippen LogP contribution in [0.4, 0.5) is 23.8 Å². The molecule has 0 unspecified atom stereocenters. The highest BCUT2D eigenvalue weighted by molar-refractivity contribution is 8.48. The van der Waals surface area contributed by atoms with Gasteiger partial charge in [0, 0.05) is 6.42 Å². The van der Waals surface area contributed by atoms with Crippen molar-refractivity contribution in [2.75, 3.05) is 0 Å². The van der Waals surface area contributed by atoms with Gasteiger partial charge in [-0.2, -0.15) is 0 Å². The highest BCUT2D eigenvalue weighted by atomic mass is 32.5. The molecule has 1 amide bonds. The highest BCUT2D eigenvalue weighted by Gasteiger charge is 2.66. The van der Waals surface area contributed by atoms with Crippen LogP contribution in [-0.4, -0.2) is 6.41 Å². The fourth-order valence-electron chi connectivity index (χ4n) is 1.17. The second-order valence-electron chi connectivity index (χ2n) is 3.16. The SMILES string of the molecule is O=CNC1=C(F)CCC(S(F)(F)(F)(F)F)=C1. The first kappa shape index (κ1) is 12.9. The van der Waals surface area contributed by atoms with E-state index in [0.717, 1.165) is 0 Å². The van der Waals surface area contributed by atoms with Gasteiger partial charge in [-0.15, -0.1) is 0 Å². The van der Waals surface area contributed by atoms with E-state index in [0.29, 0.717) is 0 Å². The molecule has 9 heteroatoms. The topological polar surface area (TPSA) is 29.1 Å². The number of carbonyl (C=O) groups excluding carboxylic acids is 1.